The molecule has 0 spiro atoms. The van der Waals surface area contributed by atoms with Crippen LogP contribution in [-0.2, 0) is 0 Å². The van der Waals surface area contributed by atoms with Crippen LogP contribution in [0.15, 0.2) is 34.8 Å². The van der Waals surface area contributed by atoms with E-state index < -0.39 is 11.6 Å². The number of nitrogens with zero attached hydrogens (tertiary/aromatic N) is 1. The minimum atomic E-state index is -0.748. The lowest BCUT2D eigenvalue weighted by Gasteiger charge is -2.10. The maximum atomic E-state index is 13.6. The molecule has 0 aliphatic rings. The topological polar surface area (TPSA) is 37.0 Å². The van der Waals surface area contributed by atoms with E-state index in [1.807, 2.05) is 12.1 Å². The Morgan fingerprint density at radius 1 is 1.11 bits per heavy atom. The van der Waals surface area contributed by atoms with Gasteiger partial charge in [-0.05, 0) is 28.1 Å². The lowest BCUT2D eigenvalue weighted by Crippen LogP contribution is -2.03. The Kier molecular flexibility index (Phi) is 3.76. The van der Waals surface area contributed by atoms with Crippen molar-refractivity contribution in [2.45, 2.75) is 0 Å². The number of nitrogens with one attached hydrogen (secondary N) is 2. The summed E-state index contributed by atoms with van der Waals surface area (Å²) >= 11 is 3.33. The van der Waals surface area contributed by atoms with Crippen molar-refractivity contribution in [3.8, 4) is 0 Å². The molecule has 2 aromatic rings. The first kappa shape index (κ1) is 12.8. The first-order chi connectivity index (χ1) is 8.61. The third kappa shape index (κ3) is 2.59. The first-order valence-electron chi connectivity index (χ1n) is 5.17. The molecule has 0 aliphatic heterocycles. The predicted molar refractivity (Wildman–Crippen MR) is 71.1 cm³/mol. The van der Waals surface area contributed by atoms with Gasteiger partial charge in [-0.25, -0.2) is 13.8 Å². The van der Waals surface area contributed by atoms with Crippen LogP contribution >= 0.6 is 15.9 Å². The van der Waals surface area contributed by atoms with Gasteiger partial charge in [-0.2, -0.15) is 0 Å². The highest BCUT2D eigenvalue weighted by molar-refractivity contribution is 9.10. The first-order valence-corrected chi connectivity index (χ1v) is 5.96. The third-order valence-corrected chi connectivity index (χ3v) is 2.98. The van der Waals surface area contributed by atoms with Gasteiger partial charge in [-0.3, -0.25) is 0 Å². The molecular formula is C12H10BrF2N3. The monoisotopic (exact) mass is 313 g/mol. The number of hydrogen-bond acceptors (Lipinski definition) is 3. The Morgan fingerprint density at radius 2 is 1.78 bits per heavy atom. The van der Waals surface area contributed by atoms with Crippen LogP contribution in [0.1, 0.15) is 0 Å². The Bertz CT molecular complexity index is 575. The van der Waals surface area contributed by atoms with Gasteiger partial charge in [0, 0.05) is 17.6 Å². The summed E-state index contributed by atoms with van der Waals surface area (Å²) in [6, 6.07) is 7.99. The van der Waals surface area contributed by atoms with Gasteiger partial charge >= 0.3 is 0 Å². The molecule has 1 heterocycles. The largest absolute Gasteiger partial charge is 0.371 e. The van der Waals surface area contributed by atoms with Crippen molar-refractivity contribution in [2.24, 2.45) is 0 Å². The van der Waals surface area contributed by atoms with E-state index in [2.05, 4.69) is 31.5 Å². The average molecular weight is 314 g/mol. The second kappa shape index (κ2) is 5.30. The molecule has 94 valence electrons. The number of pyridine rings is 1. The van der Waals surface area contributed by atoms with Crippen molar-refractivity contribution < 1.29 is 8.78 Å². The van der Waals surface area contributed by atoms with Crippen LogP contribution in [0, 0.1) is 11.6 Å². The van der Waals surface area contributed by atoms with Crippen molar-refractivity contribution >= 4 is 33.3 Å². The highest BCUT2D eigenvalue weighted by Crippen LogP contribution is 2.27. The van der Waals surface area contributed by atoms with E-state index in [4.69, 9.17) is 0 Å². The molecule has 0 atom stereocenters. The summed E-state index contributed by atoms with van der Waals surface area (Å²) in [6.45, 7) is 0. The van der Waals surface area contributed by atoms with Gasteiger partial charge in [0.1, 0.15) is 0 Å². The van der Waals surface area contributed by atoms with Crippen LogP contribution in [0.2, 0.25) is 0 Å². The second-order valence-electron chi connectivity index (χ2n) is 3.50. The van der Waals surface area contributed by atoms with Gasteiger partial charge in [-0.15, -0.1) is 0 Å². The quantitative estimate of drug-likeness (QED) is 0.902. The fraction of sp³-hybridized carbons (Fsp3) is 0.0833. The minimum absolute atomic E-state index is 0.00838. The molecule has 0 fully saturated rings. The van der Waals surface area contributed by atoms with E-state index in [1.165, 1.54) is 7.05 Å². The predicted octanol–water partition coefficient (Wildman–Crippen LogP) is 3.91. The number of halogens is 3. The third-order valence-electron chi connectivity index (χ3n) is 2.29. The molecule has 2 rings (SSSR count). The molecule has 0 radical (unpaired) electrons. The zero-order valence-corrected chi connectivity index (χ0v) is 11.1. The summed E-state index contributed by atoms with van der Waals surface area (Å²) in [4.78, 5) is 3.83. The Balaban J connectivity index is 2.38. The van der Waals surface area contributed by atoms with Gasteiger partial charge in [0.05, 0.1) is 5.69 Å². The van der Waals surface area contributed by atoms with E-state index in [0.29, 0.717) is 5.69 Å². The molecule has 0 amide bonds. The summed E-state index contributed by atoms with van der Waals surface area (Å²) in [7, 11) is 1.52. The van der Waals surface area contributed by atoms with Gasteiger partial charge in [0.15, 0.2) is 23.3 Å². The van der Waals surface area contributed by atoms with E-state index in [1.54, 1.807) is 12.1 Å². The molecule has 3 nitrogen and oxygen atoms in total. The Labute approximate surface area is 111 Å². The fourth-order valence-corrected chi connectivity index (χ4v) is 1.80. The van der Waals surface area contributed by atoms with E-state index >= 15 is 0 Å². The van der Waals surface area contributed by atoms with Crippen LogP contribution in [0.3, 0.4) is 0 Å². The highest BCUT2D eigenvalue weighted by atomic mass is 79.9. The number of benzene rings is 1. The van der Waals surface area contributed by atoms with Crippen molar-refractivity contribution in [3.05, 3.63) is 46.4 Å². The minimum Gasteiger partial charge on any atom is -0.371 e. The Hall–Kier alpha value is -1.69. The van der Waals surface area contributed by atoms with Crippen molar-refractivity contribution in [3.63, 3.8) is 0 Å². The van der Waals surface area contributed by atoms with E-state index in [9.17, 15) is 8.78 Å². The van der Waals surface area contributed by atoms with Crippen molar-refractivity contribution in [1.29, 1.82) is 0 Å². The zero-order valence-electron chi connectivity index (χ0n) is 9.47. The van der Waals surface area contributed by atoms with Gasteiger partial charge < -0.3 is 10.6 Å². The van der Waals surface area contributed by atoms with Crippen LogP contribution in [0.25, 0.3) is 0 Å². The van der Waals surface area contributed by atoms with E-state index in [0.717, 1.165) is 10.5 Å². The van der Waals surface area contributed by atoms with Gasteiger partial charge in [-0.1, -0.05) is 12.1 Å². The summed E-state index contributed by atoms with van der Waals surface area (Å²) in [5.41, 5.74) is 0.651. The second-order valence-corrected chi connectivity index (χ2v) is 4.36. The van der Waals surface area contributed by atoms with Crippen LogP contribution in [-0.4, -0.2) is 12.0 Å². The SMILES string of the molecule is CNc1nc(Nc2ccccc2Br)c(F)cc1F. The molecule has 0 aliphatic carbocycles. The number of rotatable bonds is 3. The van der Waals surface area contributed by atoms with E-state index in [-0.39, 0.29) is 11.6 Å². The number of anilines is 3. The van der Waals surface area contributed by atoms with Crippen molar-refractivity contribution in [1.82, 2.24) is 4.98 Å². The molecule has 0 saturated heterocycles. The molecule has 1 aromatic heterocycles. The normalized spacial score (nSPS) is 10.2. The molecule has 2 N–H and O–H groups in total. The Morgan fingerprint density at radius 3 is 2.44 bits per heavy atom. The number of aromatic nitrogens is 1. The summed E-state index contributed by atoms with van der Waals surface area (Å²) in [5, 5.41) is 5.36. The molecule has 18 heavy (non-hydrogen) atoms. The van der Waals surface area contributed by atoms with Gasteiger partial charge in [0.2, 0.25) is 0 Å². The lowest BCUT2D eigenvalue weighted by molar-refractivity contribution is 0.580. The fourth-order valence-electron chi connectivity index (χ4n) is 1.42. The summed E-state index contributed by atoms with van der Waals surface area (Å²) < 4.78 is 27.6. The van der Waals surface area contributed by atoms with Crippen LogP contribution in [0.4, 0.5) is 26.1 Å². The number of para-hydroxylation sites is 1. The van der Waals surface area contributed by atoms with Crippen LogP contribution < -0.4 is 10.6 Å². The van der Waals surface area contributed by atoms with Gasteiger partial charge in [0.25, 0.3) is 0 Å². The highest BCUT2D eigenvalue weighted by Gasteiger charge is 2.11. The smallest absolute Gasteiger partial charge is 0.169 e. The molecular weight excluding hydrogens is 304 g/mol. The van der Waals surface area contributed by atoms with Crippen molar-refractivity contribution in [2.75, 3.05) is 17.7 Å². The summed E-state index contributed by atoms with van der Waals surface area (Å²) in [5.74, 6) is -1.52. The molecule has 0 saturated carbocycles. The van der Waals surface area contributed by atoms with Crippen LogP contribution in [0.5, 0.6) is 0 Å². The molecule has 0 unspecified atom stereocenters. The molecule has 1 aromatic carbocycles. The maximum Gasteiger partial charge on any atom is 0.169 e. The molecule has 6 heteroatoms. The zero-order chi connectivity index (χ0) is 13.1. The lowest BCUT2D eigenvalue weighted by atomic mass is 10.3. The molecule has 0 bridgehead atoms. The average Bonchev–Trinajstić information content (AvgIpc) is 2.35. The number of hydrogen-bond donors (Lipinski definition) is 2. The maximum absolute atomic E-state index is 13.6. The summed E-state index contributed by atoms with van der Waals surface area (Å²) in [6.07, 6.45) is 0. The standard InChI is InChI=1S/C12H10BrF2N3/c1-16-11-8(14)6-9(15)12(18-11)17-10-5-3-2-4-7(10)13/h2-6H,1H3,(H2,16,17,18).